The first kappa shape index (κ1) is 17.9. The molecule has 1 atom stereocenters. The van der Waals surface area contributed by atoms with Crippen LogP contribution in [0.2, 0.25) is 0 Å². The van der Waals surface area contributed by atoms with Gasteiger partial charge in [-0.2, -0.15) is 22.7 Å². The van der Waals surface area contributed by atoms with E-state index in [0.29, 0.717) is 38.1 Å². The highest BCUT2D eigenvalue weighted by Gasteiger charge is 2.37. The van der Waals surface area contributed by atoms with Crippen LogP contribution in [0, 0.1) is 0 Å². The van der Waals surface area contributed by atoms with Gasteiger partial charge >= 0.3 is 6.18 Å². The van der Waals surface area contributed by atoms with E-state index in [9.17, 15) is 13.2 Å². The molecule has 25 heavy (non-hydrogen) atoms. The Balaban J connectivity index is 1.95. The maximum absolute atomic E-state index is 12.9. The molecular formula is C15H20F3N5O2. The lowest BCUT2D eigenvalue weighted by molar-refractivity contribution is -0.144. The summed E-state index contributed by atoms with van der Waals surface area (Å²) in [5.74, 6) is -1.15. The summed E-state index contributed by atoms with van der Waals surface area (Å²) in [5.41, 5.74) is 0.589. The van der Waals surface area contributed by atoms with Crippen LogP contribution in [0.3, 0.4) is 0 Å². The third-order valence-corrected chi connectivity index (χ3v) is 4.07. The van der Waals surface area contributed by atoms with Gasteiger partial charge in [0.05, 0.1) is 18.9 Å². The van der Waals surface area contributed by atoms with Gasteiger partial charge < -0.3 is 9.47 Å². The van der Waals surface area contributed by atoms with Gasteiger partial charge in [0.1, 0.15) is 0 Å². The van der Waals surface area contributed by atoms with E-state index in [-0.39, 0.29) is 11.7 Å². The van der Waals surface area contributed by atoms with Gasteiger partial charge in [-0.05, 0) is 20.3 Å². The fourth-order valence-corrected chi connectivity index (χ4v) is 2.72. The number of hydrogen-bond donors (Lipinski definition) is 0. The Morgan fingerprint density at radius 3 is 2.84 bits per heavy atom. The van der Waals surface area contributed by atoms with Crippen LogP contribution in [0.4, 0.5) is 13.2 Å². The number of aromatic nitrogens is 4. The van der Waals surface area contributed by atoms with Crippen molar-refractivity contribution in [3.63, 3.8) is 0 Å². The second kappa shape index (κ2) is 7.12. The van der Waals surface area contributed by atoms with Gasteiger partial charge in [-0.3, -0.25) is 4.90 Å². The molecule has 3 rings (SSSR count). The fraction of sp³-hybridized carbons (Fsp3) is 0.667. The molecule has 7 nitrogen and oxygen atoms in total. The number of nitrogens with zero attached hydrogens (tertiary/aromatic N) is 5. The molecular weight excluding hydrogens is 339 g/mol. The Kier molecular flexibility index (Phi) is 5.09. The predicted molar refractivity (Wildman–Crippen MR) is 82.3 cm³/mol. The highest BCUT2D eigenvalue weighted by molar-refractivity contribution is 5.35. The number of alkyl halides is 3. The zero-order chi connectivity index (χ0) is 18.0. The number of halogens is 3. The van der Waals surface area contributed by atoms with Crippen molar-refractivity contribution in [2.24, 2.45) is 0 Å². The van der Waals surface area contributed by atoms with Crippen LogP contribution in [0.1, 0.15) is 31.8 Å². The molecule has 1 saturated heterocycles. The van der Waals surface area contributed by atoms with Crippen LogP contribution < -0.4 is 4.74 Å². The molecule has 10 heteroatoms. The van der Waals surface area contributed by atoms with E-state index >= 15 is 0 Å². The molecule has 0 aromatic carbocycles. The molecule has 0 saturated carbocycles. The summed E-state index contributed by atoms with van der Waals surface area (Å²) in [6, 6.07) is 1.91. The summed E-state index contributed by atoms with van der Waals surface area (Å²) in [6.45, 7) is 6.68. The van der Waals surface area contributed by atoms with E-state index in [4.69, 9.17) is 9.47 Å². The van der Waals surface area contributed by atoms with Gasteiger partial charge in [-0.25, -0.2) is 4.98 Å². The molecule has 1 aliphatic heterocycles. The average molecular weight is 359 g/mol. The highest BCUT2D eigenvalue weighted by atomic mass is 19.4. The van der Waals surface area contributed by atoms with Crippen molar-refractivity contribution in [3.05, 3.63) is 17.6 Å². The van der Waals surface area contributed by atoms with Gasteiger partial charge in [0.15, 0.2) is 0 Å². The summed E-state index contributed by atoms with van der Waals surface area (Å²) >= 11 is 0. The molecule has 1 aliphatic rings. The molecule has 0 bridgehead atoms. The van der Waals surface area contributed by atoms with Crippen LogP contribution >= 0.6 is 0 Å². The third kappa shape index (κ3) is 4.01. The van der Waals surface area contributed by atoms with Crippen molar-refractivity contribution in [2.75, 3.05) is 26.4 Å². The van der Waals surface area contributed by atoms with Crippen LogP contribution in [0.15, 0.2) is 6.07 Å². The minimum atomic E-state index is -4.63. The quantitative estimate of drug-likeness (QED) is 0.834. The Morgan fingerprint density at radius 1 is 1.32 bits per heavy atom. The van der Waals surface area contributed by atoms with Gasteiger partial charge in [-0.1, -0.05) is 0 Å². The molecule has 138 valence electrons. The van der Waals surface area contributed by atoms with Gasteiger partial charge in [0, 0.05) is 31.8 Å². The lowest BCUT2D eigenvalue weighted by atomic mass is 10.2. The summed E-state index contributed by atoms with van der Waals surface area (Å²) in [4.78, 5) is 9.93. The van der Waals surface area contributed by atoms with E-state index in [1.807, 2.05) is 0 Å². The SMILES string of the molecule is CCOc1cc(CN2CCOCCC2C)nc2nc(C(F)(F)F)nn12. The van der Waals surface area contributed by atoms with E-state index in [0.717, 1.165) is 17.5 Å². The fourth-order valence-electron chi connectivity index (χ4n) is 2.72. The minimum Gasteiger partial charge on any atom is -0.478 e. The maximum atomic E-state index is 12.9. The average Bonchev–Trinajstić information content (AvgIpc) is 2.88. The minimum absolute atomic E-state index is 0.119. The summed E-state index contributed by atoms with van der Waals surface area (Å²) < 4.78 is 50.5. The predicted octanol–water partition coefficient (Wildman–Crippen LogP) is 2.15. The Hall–Kier alpha value is -1.94. The Labute approximate surface area is 142 Å². The van der Waals surface area contributed by atoms with Crippen molar-refractivity contribution in [1.29, 1.82) is 0 Å². The Bertz CT molecular complexity index is 734. The lowest BCUT2D eigenvalue weighted by Crippen LogP contribution is -2.33. The van der Waals surface area contributed by atoms with Crippen LogP contribution in [-0.2, 0) is 17.5 Å². The molecule has 0 N–H and O–H groups in total. The van der Waals surface area contributed by atoms with E-state index in [2.05, 4.69) is 26.9 Å². The molecule has 0 spiro atoms. The van der Waals surface area contributed by atoms with Crippen molar-refractivity contribution >= 4 is 5.78 Å². The lowest BCUT2D eigenvalue weighted by Gasteiger charge is -2.25. The highest BCUT2D eigenvalue weighted by Crippen LogP contribution is 2.27. The van der Waals surface area contributed by atoms with Gasteiger partial charge in [0.2, 0.25) is 5.88 Å². The zero-order valence-electron chi connectivity index (χ0n) is 14.1. The molecule has 3 heterocycles. The molecule has 2 aromatic rings. The maximum Gasteiger partial charge on any atom is 0.453 e. The standard InChI is InChI=1S/C15H20F3N5O2/c1-3-25-12-8-11(9-22-5-7-24-6-4-10(22)2)19-14-20-13(15(16,17)18)21-23(12)14/h8,10H,3-7,9H2,1-2H3. The second-order valence-corrected chi connectivity index (χ2v) is 5.88. The third-order valence-electron chi connectivity index (χ3n) is 4.07. The monoisotopic (exact) mass is 359 g/mol. The van der Waals surface area contributed by atoms with E-state index in [1.165, 1.54) is 0 Å². The van der Waals surface area contributed by atoms with Crippen molar-refractivity contribution < 1.29 is 22.6 Å². The normalized spacial score (nSPS) is 20.0. The number of hydrogen-bond acceptors (Lipinski definition) is 6. The number of fused-ring (bicyclic) bond motifs is 1. The van der Waals surface area contributed by atoms with Crippen LogP contribution in [-0.4, -0.2) is 56.9 Å². The first-order chi connectivity index (χ1) is 11.9. The summed E-state index contributed by atoms with van der Waals surface area (Å²) in [7, 11) is 0. The van der Waals surface area contributed by atoms with Crippen molar-refractivity contribution in [2.45, 2.75) is 39.0 Å². The largest absolute Gasteiger partial charge is 0.478 e. The number of rotatable bonds is 4. The van der Waals surface area contributed by atoms with Gasteiger partial charge in [-0.15, -0.1) is 5.10 Å². The second-order valence-electron chi connectivity index (χ2n) is 5.88. The van der Waals surface area contributed by atoms with Crippen molar-refractivity contribution in [1.82, 2.24) is 24.5 Å². The topological polar surface area (TPSA) is 64.8 Å². The summed E-state index contributed by atoms with van der Waals surface area (Å²) in [5, 5.41) is 3.48. The summed E-state index contributed by atoms with van der Waals surface area (Å²) in [6.07, 6.45) is -3.74. The Morgan fingerprint density at radius 2 is 2.12 bits per heavy atom. The van der Waals surface area contributed by atoms with Crippen LogP contribution in [0.25, 0.3) is 5.78 Å². The number of ether oxygens (including phenoxy) is 2. The molecule has 1 unspecified atom stereocenters. The smallest absolute Gasteiger partial charge is 0.453 e. The molecule has 0 aliphatic carbocycles. The van der Waals surface area contributed by atoms with E-state index < -0.39 is 12.0 Å². The molecule has 0 radical (unpaired) electrons. The molecule has 1 fully saturated rings. The van der Waals surface area contributed by atoms with Gasteiger partial charge in [0.25, 0.3) is 11.6 Å². The first-order valence-corrected chi connectivity index (χ1v) is 8.17. The molecule has 0 amide bonds. The zero-order valence-corrected chi connectivity index (χ0v) is 14.1. The van der Waals surface area contributed by atoms with Crippen LogP contribution in [0.5, 0.6) is 5.88 Å². The molecule has 2 aromatic heterocycles. The first-order valence-electron chi connectivity index (χ1n) is 8.17. The van der Waals surface area contributed by atoms with Crippen molar-refractivity contribution in [3.8, 4) is 5.88 Å². The van der Waals surface area contributed by atoms with E-state index in [1.54, 1.807) is 13.0 Å².